The number of carbonyl (C=O) groups excluding carboxylic acids is 2. The molecule has 0 amide bonds. The molecule has 6 aromatic rings. The van der Waals surface area contributed by atoms with Gasteiger partial charge in [0, 0.05) is 16.6 Å². The average molecular weight is 697 g/mol. The van der Waals surface area contributed by atoms with E-state index >= 15 is 0 Å². The number of hydrogen-bond donors (Lipinski definition) is 0. The molecule has 0 heterocycles. The van der Waals surface area contributed by atoms with E-state index in [1.807, 2.05) is 0 Å². The van der Waals surface area contributed by atoms with Crippen molar-refractivity contribution in [2.75, 3.05) is 13.2 Å². The topological polar surface area (TPSA) is 52.6 Å². The number of rotatable bonds is 13. The molecule has 0 N–H and O–H groups in total. The summed E-state index contributed by atoms with van der Waals surface area (Å²) in [5, 5.41) is 4.77. The van der Waals surface area contributed by atoms with Crippen LogP contribution >= 0.6 is 0 Å². The minimum atomic E-state index is -0.433. The number of allylic oxidation sites excluding steroid dienone is 1. The highest BCUT2D eigenvalue weighted by Crippen LogP contribution is 2.54. The number of esters is 2. The fraction of sp³-hybridized carbons (Fsp3) is 0.184. The molecular formula is C49H44O4. The van der Waals surface area contributed by atoms with E-state index in [0.717, 1.165) is 30.4 Å². The molecule has 1 aliphatic rings. The summed E-state index contributed by atoms with van der Waals surface area (Å²) in [5.74, 6) is -0.699. The first kappa shape index (κ1) is 35.4. The quantitative estimate of drug-likeness (QED) is 0.0396. The molecule has 7 rings (SSSR count). The van der Waals surface area contributed by atoms with Crippen LogP contribution in [0.1, 0.15) is 49.8 Å². The van der Waals surface area contributed by atoms with E-state index in [-0.39, 0.29) is 11.9 Å². The van der Waals surface area contributed by atoms with Gasteiger partial charge in [0.15, 0.2) is 0 Å². The highest BCUT2D eigenvalue weighted by atomic mass is 16.5. The standard InChI is InChI=1S/C49H44O4/c1-6-49(28-14-30-53-48(51)33(4)5)43-21-12-11-16-37(43)38-27-26-36(31-44(38)49)46-41-19-9-7-17-39(41)45(40-18-8-10-20-42(40)46)35-24-22-34(23-25-35)15-13-29-52-47(50)32(2)3/h6-12,16-27,31H,1-2,4,13-15,28-30H2,3,5H3. The molecule has 4 nitrogen and oxygen atoms in total. The van der Waals surface area contributed by atoms with Crippen LogP contribution in [0.2, 0.25) is 0 Å². The van der Waals surface area contributed by atoms with Gasteiger partial charge in [-0.15, -0.1) is 6.58 Å². The first-order chi connectivity index (χ1) is 25.7. The third-order valence-corrected chi connectivity index (χ3v) is 10.5. The fourth-order valence-corrected chi connectivity index (χ4v) is 7.94. The normalized spacial score (nSPS) is 14.4. The van der Waals surface area contributed by atoms with E-state index in [1.165, 1.54) is 60.5 Å². The van der Waals surface area contributed by atoms with E-state index in [0.29, 0.717) is 30.8 Å². The summed E-state index contributed by atoms with van der Waals surface area (Å²) in [6, 6.07) is 41.7. The van der Waals surface area contributed by atoms with E-state index in [4.69, 9.17) is 9.47 Å². The number of carbonyl (C=O) groups is 2. The van der Waals surface area contributed by atoms with Gasteiger partial charge in [-0.05, 0) is 117 Å². The molecule has 0 aromatic heterocycles. The summed E-state index contributed by atoms with van der Waals surface area (Å²) in [6.45, 7) is 15.8. The van der Waals surface area contributed by atoms with Crippen LogP contribution in [0.15, 0.2) is 152 Å². The lowest BCUT2D eigenvalue weighted by molar-refractivity contribution is -0.139. The number of benzene rings is 6. The second-order valence-corrected chi connectivity index (χ2v) is 14.1. The van der Waals surface area contributed by atoms with Gasteiger partial charge in [0.2, 0.25) is 0 Å². The van der Waals surface area contributed by atoms with Gasteiger partial charge in [0.05, 0.1) is 13.2 Å². The lowest BCUT2D eigenvalue weighted by Crippen LogP contribution is -2.23. The van der Waals surface area contributed by atoms with E-state index in [2.05, 4.69) is 141 Å². The zero-order valence-electron chi connectivity index (χ0n) is 30.5. The van der Waals surface area contributed by atoms with Crippen LogP contribution in [-0.4, -0.2) is 25.2 Å². The second kappa shape index (κ2) is 14.9. The fourth-order valence-electron chi connectivity index (χ4n) is 7.94. The molecule has 0 aliphatic heterocycles. The summed E-state index contributed by atoms with van der Waals surface area (Å²) in [6.07, 6.45) is 5.09. The minimum absolute atomic E-state index is 0.321. The Morgan fingerprint density at radius 2 is 1.09 bits per heavy atom. The molecular weight excluding hydrogens is 653 g/mol. The summed E-state index contributed by atoms with van der Waals surface area (Å²) < 4.78 is 10.8. The predicted molar refractivity (Wildman–Crippen MR) is 218 cm³/mol. The summed E-state index contributed by atoms with van der Waals surface area (Å²) >= 11 is 0. The number of ether oxygens (including phenoxy) is 2. The Morgan fingerprint density at radius 3 is 1.66 bits per heavy atom. The molecule has 1 aliphatic carbocycles. The maximum absolute atomic E-state index is 12.2. The smallest absolute Gasteiger partial charge is 0.333 e. The Labute approximate surface area is 312 Å². The molecule has 0 radical (unpaired) electrons. The first-order valence-electron chi connectivity index (χ1n) is 18.3. The number of aryl methyl sites for hydroxylation is 1. The molecule has 1 unspecified atom stereocenters. The molecule has 0 bridgehead atoms. The Bertz CT molecular complexity index is 2360. The highest BCUT2D eigenvalue weighted by molar-refractivity contribution is 6.21. The molecule has 1 atom stereocenters. The molecule has 0 fully saturated rings. The SMILES string of the molecule is C=CC1(CCCOC(=O)C(=C)C)c2ccccc2-c2ccc(-c3c4ccccc4c(-c4ccc(CCCOC(=O)C(=C)C)cc4)c4ccccc34)cc21. The van der Waals surface area contributed by atoms with Crippen molar-refractivity contribution in [3.05, 3.63) is 169 Å². The highest BCUT2D eigenvalue weighted by Gasteiger charge is 2.40. The Balaban J connectivity index is 1.29. The molecule has 4 heteroatoms. The number of hydrogen-bond acceptors (Lipinski definition) is 4. The first-order valence-corrected chi connectivity index (χ1v) is 18.3. The van der Waals surface area contributed by atoms with Crippen LogP contribution in [0.3, 0.4) is 0 Å². The van der Waals surface area contributed by atoms with Crippen molar-refractivity contribution in [2.24, 2.45) is 0 Å². The maximum atomic E-state index is 12.2. The Hall–Kier alpha value is -6.00. The van der Waals surface area contributed by atoms with Crippen LogP contribution in [0.5, 0.6) is 0 Å². The zero-order valence-corrected chi connectivity index (χ0v) is 30.5. The third kappa shape index (κ3) is 6.62. The summed E-state index contributed by atoms with van der Waals surface area (Å²) in [7, 11) is 0. The molecule has 53 heavy (non-hydrogen) atoms. The lowest BCUT2D eigenvalue weighted by Gasteiger charge is -2.29. The van der Waals surface area contributed by atoms with E-state index < -0.39 is 5.41 Å². The predicted octanol–water partition coefficient (Wildman–Crippen LogP) is 11.7. The van der Waals surface area contributed by atoms with E-state index in [9.17, 15) is 9.59 Å². The number of fused-ring (bicyclic) bond motifs is 5. The third-order valence-electron chi connectivity index (χ3n) is 10.5. The van der Waals surface area contributed by atoms with Crippen molar-refractivity contribution < 1.29 is 19.1 Å². The van der Waals surface area contributed by atoms with Crippen LogP contribution in [0.4, 0.5) is 0 Å². The van der Waals surface area contributed by atoms with Gasteiger partial charge in [0.25, 0.3) is 0 Å². The molecule has 0 saturated heterocycles. The molecule has 0 spiro atoms. The molecule has 0 saturated carbocycles. The van der Waals surface area contributed by atoms with Gasteiger partial charge in [-0.2, -0.15) is 0 Å². The van der Waals surface area contributed by atoms with Crippen molar-refractivity contribution in [1.29, 1.82) is 0 Å². The minimum Gasteiger partial charge on any atom is -0.462 e. The largest absolute Gasteiger partial charge is 0.462 e. The van der Waals surface area contributed by atoms with Crippen LogP contribution in [-0.2, 0) is 30.9 Å². The van der Waals surface area contributed by atoms with Gasteiger partial charge in [-0.3, -0.25) is 0 Å². The van der Waals surface area contributed by atoms with Crippen LogP contribution < -0.4 is 0 Å². The van der Waals surface area contributed by atoms with Crippen molar-refractivity contribution in [2.45, 2.75) is 44.9 Å². The molecule has 264 valence electrons. The van der Waals surface area contributed by atoms with Gasteiger partial charge in [-0.1, -0.05) is 128 Å². The van der Waals surface area contributed by atoms with Crippen molar-refractivity contribution >= 4 is 33.5 Å². The maximum Gasteiger partial charge on any atom is 0.333 e. The Kier molecular flexibility index (Phi) is 9.97. The molecule has 6 aromatic carbocycles. The van der Waals surface area contributed by atoms with Gasteiger partial charge in [-0.25, -0.2) is 9.59 Å². The zero-order chi connectivity index (χ0) is 37.1. The van der Waals surface area contributed by atoms with Crippen LogP contribution in [0.25, 0.3) is 54.9 Å². The Morgan fingerprint density at radius 1 is 0.604 bits per heavy atom. The monoisotopic (exact) mass is 696 g/mol. The van der Waals surface area contributed by atoms with Crippen molar-refractivity contribution in [1.82, 2.24) is 0 Å². The van der Waals surface area contributed by atoms with Crippen molar-refractivity contribution in [3.63, 3.8) is 0 Å². The average Bonchev–Trinajstić information content (AvgIpc) is 3.46. The lowest BCUT2D eigenvalue weighted by atomic mass is 9.74. The second-order valence-electron chi connectivity index (χ2n) is 14.1. The van der Waals surface area contributed by atoms with Gasteiger partial charge < -0.3 is 9.47 Å². The van der Waals surface area contributed by atoms with Crippen LogP contribution in [0, 0.1) is 0 Å². The summed E-state index contributed by atoms with van der Waals surface area (Å²) in [4.78, 5) is 23.9. The summed E-state index contributed by atoms with van der Waals surface area (Å²) in [5.41, 5.74) is 11.2. The van der Waals surface area contributed by atoms with Crippen molar-refractivity contribution in [3.8, 4) is 33.4 Å². The van der Waals surface area contributed by atoms with Gasteiger partial charge in [0.1, 0.15) is 0 Å². The van der Waals surface area contributed by atoms with Gasteiger partial charge >= 0.3 is 11.9 Å². The van der Waals surface area contributed by atoms with E-state index in [1.54, 1.807) is 13.8 Å².